The number of aromatic nitrogens is 2. The van der Waals surface area contributed by atoms with Crippen LogP contribution in [-0.4, -0.2) is 34.5 Å². The SMILES string of the molecule is CC1C=CC(n2cnc3c4c(sc3c2=O)NCCC4=NCC(F)(F)F)=CC1C. The first kappa shape index (κ1) is 18.9. The summed E-state index contributed by atoms with van der Waals surface area (Å²) >= 11 is 1.22. The number of alkyl halides is 3. The van der Waals surface area contributed by atoms with E-state index in [-0.39, 0.29) is 5.56 Å². The standard InChI is InChI=1S/C19H19F3N4OS/c1-10-3-4-12(7-11(10)2)26-9-25-15-14-13(24-8-19(20,21)22)5-6-23-17(14)28-16(15)18(26)27/h3-4,7,9-11,23H,5-6,8H2,1-2H3. The normalized spacial score (nSPS) is 23.6. The van der Waals surface area contributed by atoms with E-state index < -0.39 is 12.7 Å². The highest BCUT2D eigenvalue weighted by molar-refractivity contribution is 7.23. The second-order valence-corrected chi connectivity index (χ2v) is 8.15. The van der Waals surface area contributed by atoms with E-state index in [9.17, 15) is 18.0 Å². The zero-order valence-corrected chi connectivity index (χ0v) is 16.2. The van der Waals surface area contributed by atoms with E-state index in [1.807, 2.05) is 12.2 Å². The number of fused-ring (bicyclic) bond motifs is 3. The molecule has 0 saturated carbocycles. The molecule has 2 aliphatic rings. The zero-order valence-electron chi connectivity index (χ0n) is 15.4. The van der Waals surface area contributed by atoms with Crippen LogP contribution in [0.4, 0.5) is 18.2 Å². The first-order valence-corrected chi connectivity index (χ1v) is 9.85. The monoisotopic (exact) mass is 408 g/mol. The van der Waals surface area contributed by atoms with E-state index in [1.54, 1.807) is 0 Å². The maximum atomic E-state index is 13.1. The van der Waals surface area contributed by atoms with Crippen LogP contribution in [0.3, 0.4) is 0 Å². The Bertz CT molecular complexity index is 1080. The van der Waals surface area contributed by atoms with Gasteiger partial charge in [0.1, 0.15) is 22.6 Å². The Morgan fingerprint density at radius 2 is 2.14 bits per heavy atom. The molecule has 0 aromatic carbocycles. The minimum atomic E-state index is -4.36. The fourth-order valence-electron chi connectivity index (χ4n) is 3.37. The largest absolute Gasteiger partial charge is 0.407 e. The van der Waals surface area contributed by atoms with Gasteiger partial charge in [0, 0.05) is 24.4 Å². The molecular formula is C19H19F3N4OS. The van der Waals surface area contributed by atoms with Gasteiger partial charge in [0.2, 0.25) is 0 Å². The summed E-state index contributed by atoms with van der Waals surface area (Å²) in [5.74, 6) is 0.684. The average molecular weight is 408 g/mol. The number of rotatable bonds is 2. The van der Waals surface area contributed by atoms with Gasteiger partial charge in [-0.2, -0.15) is 13.2 Å². The number of nitrogens with zero attached hydrogens (tertiary/aromatic N) is 3. The molecular weight excluding hydrogens is 389 g/mol. The smallest absolute Gasteiger partial charge is 0.376 e. The summed E-state index contributed by atoms with van der Waals surface area (Å²) in [7, 11) is 0. The van der Waals surface area contributed by atoms with Crippen molar-refractivity contribution < 1.29 is 13.2 Å². The minimum absolute atomic E-state index is 0.223. The Morgan fingerprint density at radius 1 is 1.36 bits per heavy atom. The van der Waals surface area contributed by atoms with E-state index in [4.69, 9.17) is 0 Å². The average Bonchev–Trinajstić information content (AvgIpc) is 3.02. The lowest BCUT2D eigenvalue weighted by molar-refractivity contribution is -0.118. The van der Waals surface area contributed by atoms with Crippen LogP contribution in [0, 0.1) is 11.8 Å². The fourth-order valence-corrected chi connectivity index (χ4v) is 4.50. The number of nitrogens with one attached hydrogen (secondary N) is 1. The van der Waals surface area contributed by atoms with Gasteiger partial charge in [-0.05, 0) is 17.9 Å². The van der Waals surface area contributed by atoms with E-state index in [0.29, 0.717) is 51.3 Å². The van der Waals surface area contributed by atoms with Gasteiger partial charge in [-0.15, -0.1) is 11.3 Å². The molecule has 0 bridgehead atoms. The van der Waals surface area contributed by atoms with Gasteiger partial charge in [-0.3, -0.25) is 14.4 Å². The second kappa shape index (κ2) is 6.88. The summed E-state index contributed by atoms with van der Waals surface area (Å²) in [4.78, 5) is 21.3. The van der Waals surface area contributed by atoms with Crippen LogP contribution in [-0.2, 0) is 0 Å². The molecule has 2 unspecified atom stereocenters. The van der Waals surface area contributed by atoms with Crippen molar-refractivity contribution in [1.29, 1.82) is 0 Å². The van der Waals surface area contributed by atoms with E-state index in [1.165, 1.54) is 22.2 Å². The predicted octanol–water partition coefficient (Wildman–Crippen LogP) is 4.31. The Balaban J connectivity index is 1.82. The third-order valence-corrected chi connectivity index (χ3v) is 6.22. The maximum absolute atomic E-state index is 13.1. The van der Waals surface area contributed by atoms with Crippen LogP contribution in [0.2, 0.25) is 0 Å². The van der Waals surface area contributed by atoms with Gasteiger partial charge in [0.15, 0.2) is 0 Å². The van der Waals surface area contributed by atoms with E-state index >= 15 is 0 Å². The zero-order chi connectivity index (χ0) is 20.1. The molecule has 1 N–H and O–H groups in total. The van der Waals surface area contributed by atoms with Crippen molar-refractivity contribution in [2.24, 2.45) is 16.8 Å². The van der Waals surface area contributed by atoms with Crippen molar-refractivity contribution >= 4 is 38.0 Å². The number of halogens is 3. The third kappa shape index (κ3) is 3.39. The van der Waals surface area contributed by atoms with Gasteiger partial charge in [-0.1, -0.05) is 26.0 Å². The lowest BCUT2D eigenvalue weighted by atomic mass is 9.90. The number of thiophene rings is 1. The van der Waals surface area contributed by atoms with Crippen molar-refractivity contribution in [1.82, 2.24) is 9.55 Å². The third-order valence-electron chi connectivity index (χ3n) is 5.10. The summed E-state index contributed by atoms with van der Waals surface area (Å²) in [5, 5.41) is 3.81. The van der Waals surface area contributed by atoms with Crippen LogP contribution >= 0.6 is 11.3 Å². The van der Waals surface area contributed by atoms with Crippen LogP contribution in [0.5, 0.6) is 0 Å². The molecule has 2 aromatic heterocycles. The van der Waals surface area contributed by atoms with Gasteiger partial charge in [0.25, 0.3) is 5.56 Å². The quantitative estimate of drug-likeness (QED) is 0.806. The van der Waals surface area contributed by atoms with Crippen LogP contribution < -0.4 is 10.9 Å². The molecule has 0 radical (unpaired) electrons. The van der Waals surface area contributed by atoms with E-state index in [2.05, 4.69) is 35.2 Å². The topological polar surface area (TPSA) is 59.3 Å². The van der Waals surface area contributed by atoms with Gasteiger partial charge >= 0.3 is 6.18 Å². The Labute approximate surface area is 163 Å². The molecule has 148 valence electrons. The van der Waals surface area contributed by atoms with Gasteiger partial charge in [-0.25, -0.2) is 4.98 Å². The maximum Gasteiger partial charge on any atom is 0.407 e. The Hall–Kier alpha value is -2.42. The van der Waals surface area contributed by atoms with Crippen molar-refractivity contribution in [2.75, 3.05) is 18.4 Å². The lowest BCUT2D eigenvalue weighted by Crippen LogP contribution is -2.22. The molecule has 2 aromatic rings. The highest BCUT2D eigenvalue weighted by Crippen LogP contribution is 2.36. The molecule has 4 rings (SSSR count). The van der Waals surface area contributed by atoms with Gasteiger partial charge < -0.3 is 5.32 Å². The molecule has 0 spiro atoms. The summed E-state index contributed by atoms with van der Waals surface area (Å²) < 4.78 is 39.7. The first-order chi connectivity index (χ1) is 13.2. The number of allylic oxidation sites excluding steroid dienone is 4. The van der Waals surface area contributed by atoms with Crippen molar-refractivity contribution in [3.63, 3.8) is 0 Å². The highest BCUT2D eigenvalue weighted by Gasteiger charge is 2.29. The number of anilines is 1. The summed E-state index contributed by atoms with van der Waals surface area (Å²) in [5.41, 5.74) is 1.82. The summed E-state index contributed by atoms with van der Waals surface area (Å²) in [6, 6.07) is 0. The van der Waals surface area contributed by atoms with Crippen LogP contribution in [0.15, 0.2) is 34.3 Å². The Morgan fingerprint density at radius 3 is 2.86 bits per heavy atom. The summed E-state index contributed by atoms with van der Waals surface area (Å²) in [6.45, 7) is 3.44. The number of hydrogen-bond acceptors (Lipinski definition) is 5. The highest BCUT2D eigenvalue weighted by atomic mass is 32.1. The van der Waals surface area contributed by atoms with E-state index in [0.717, 1.165) is 5.70 Å². The Kier molecular flexibility index (Phi) is 4.65. The molecule has 0 fully saturated rings. The predicted molar refractivity (Wildman–Crippen MR) is 106 cm³/mol. The molecule has 2 atom stereocenters. The molecule has 9 heteroatoms. The molecule has 1 aliphatic carbocycles. The molecule has 0 saturated heterocycles. The molecule has 0 amide bonds. The van der Waals surface area contributed by atoms with Crippen molar-refractivity contribution in [3.05, 3.63) is 40.5 Å². The van der Waals surface area contributed by atoms with Gasteiger partial charge in [0.05, 0.1) is 11.1 Å². The molecule has 28 heavy (non-hydrogen) atoms. The van der Waals surface area contributed by atoms with Crippen LogP contribution in [0.1, 0.15) is 25.8 Å². The van der Waals surface area contributed by atoms with Crippen molar-refractivity contribution in [2.45, 2.75) is 26.4 Å². The minimum Gasteiger partial charge on any atom is -0.376 e. The number of aliphatic imine (C=N–C) groups is 1. The fraction of sp³-hybridized carbons (Fsp3) is 0.421. The molecule has 3 heterocycles. The lowest BCUT2D eigenvalue weighted by Gasteiger charge is -2.19. The molecule has 1 aliphatic heterocycles. The second-order valence-electron chi connectivity index (χ2n) is 7.13. The molecule has 5 nitrogen and oxygen atoms in total. The van der Waals surface area contributed by atoms with Crippen LogP contribution in [0.25, 0.3) is 15.9 Å². The van der Waals surface area contributed by atoms with Crippen molar-refractivity contribution in [3.8, 4) is 0 Å². The first-order valence-electron chi connectivity index (χ1n) is 9.03. The summed E-state index contributed by atoms with van der Waals surface area (Å²) in [6.07, 6.45) is 3.44. The number of hydrogen-bond donors (Lipinski definition) is 1.